The van der Waals surface area contributed by atoms with E-state index < -0.39 is 0 Å². The highest BCUT2D eigenvalue weighted by Crippen LogP contribution is 2.32. The summed E-state index contributed by atoms with van der Waals surface area (Å²) in [7, 11) is 0. The second-order valence-electron chi connectivity index (χ2n) is 3.42. The van der Waals surface area contributed by atoms with Crippen molar-refractivity contribution in [2.75, 3.05) is 0 Å². The summed E-state index contributed by atoms with van der Waals surface area (Å²) >= 11 is 5.89. The quantitative estimate of drug-likeness (QED) is 0.618. The normalized spacial score (nSPS) is 20.5. The third-order valence-electron chi connectivity index (χ3n) is 2.58. The zero-order valence-corrected chi connectivity index (χ0v) is 8.01. The summed E-state index contributed by atoms with van der Waals surface area (Å²) in [5, 5.41) is 9.67. The maximum absolute atomic E-state index is 8.94. The molecular weight excluding hydrogens is 182 g/mol. The number of nitrogens with zero attached hydrogens (tertiary/aromatic N) is 1. The Labute approximate surface area is 82.9 Å². The van der Waals surface area contributed by atoms with Crippen molar-refractivity contribution in [1.82, 2.24) is 0 Å². The number of rotatable bonds is 0. The fourth-order valence-corrected chi connectivity index (χ4v) is 2.08. The molecule has 1 aliphatic carbocycles. The smallest absolute Gasteiger partial charge is 0.0716 e. The molecule has 0 saturated carbocycles. The zero-order chi connectivity index (χ0) is 9.26. The molecule has 0 aliphatic heterocycles. The molecule has 0 radical (unpaired) electrons. The van der Waals surface area contributed by atoms with Crippen LogP contribution in [0.5, 0.6) is 0 Å². The molecule has 13 heavy (non-hydrogen) atoms. The van der Waals surface area contributed by atoms with Gasteiger partial charge in [0.2, 0.25) is 0 Å². The van der Waals surface area contributed by atoms with Crippen molar-refractivity contribution < 1.29 is 0 Å². The van der Waals surface area contributed by atoms with Crippen LogP contribution in [0.1, 0.15) is 29.9 Å². The summed E-state index contributed by atoms with van der Waals surface area (Å²) in [6.07, 6.45) is 3.18. The second kappa shape index (κ2) is 3.40. The van der Waals surface area contributed by atoms with Gasteiger partial charge < -0.3 is 0 Å². The van der Waals surface area contributed by atoms with Crippen LogP contribution in [0, 0.1) is 11.3 Å². The third-order valence-corrected chi connectivity index (χ3v) is 2.81. The summed E-state index contributed by atoms with van der Waals surface area (Å²) in [4.78, 5) is 0. The van der Waals surface area contributed by atoms with Gasteiger partial charge >= 0.3 is 0 Å². The van der Waals surface area contributed by atoms with Crippen LogP contribution >= 0.6 is 11.6 Å². The van der Waals surface area contributed by atoms with Crippen LogP contribution in [0.3, 0.4) is 0 Å². The Bertz CT molecular complexity index is 365. The number of fused-ring (bicyclic) bond motifs is 1. The van der Waals surface area contributed by atoms with E-state index in [1.807, 2.05) is 18.2 Å². The molecule has 1 aromatic rings. The van der Waals surface area contributed by atoms with E-state index in [4.69, 9.17) is 16.9 Å². The predicted molar refractivity (Wildman–Crippen MR) is 52.7 cm³/mol. The lowest BCUT2D eigenvalue weighted by atomic mass is 9.84. The van der Waals surface area contributed by atoms with Gasteiger partial charge in [-0.15, -0.1) is 0 Å². The standard InChI is InChI=1S/C11H10ClN/c12-10-5-4-8-2-1-3-9(7-13)11(8)6-10/h4-6,9H,1-3H2/t9-/m1/s1. The van der Waals surface area contributed by atoms with Crippen molar-refractivity contribution in [3.8, 4) is 6.07 Å². The lowest BCUT2D eigenvalue weighted by molar-refractivity contribution is 0.637. The molecule has 0 aromatic heterocycles. The van der Waals surface area contributed by atoms with Gasteiger partial charge in [-0.1, -0.05) is 17.7 Å². The molecule has 0 amide bonds. The van der Waals surface area contributed by atoms with Crippen molar-refractivity contribution in [3.63, 3.8) is 0 Å². The zero-order valence-electron chi connectivity index (χ0n) is 7.26. The predicted octanol–water partition coefficient (Wildman–Crippen LogP) is 3.28. The maximum Gasteiger partial charge on any atom is 0.0716 e. The van der Waals surface area contributed by atoms with Crippen LogP contribution in [-0.4, -0.2) is 0 Å². The van der Waals surface area contributed by atoms with Crippen LogP contribution in [-0.2, 0) is 6.42 Å². The summed E-state index contributed by atoms with van der Waals surface area (Å²) in [6.45, 7) is 0. The molecule has 0 heterocycles. The lowest BCUT2D eigenvalue weighted by Crippen LogP contribution is -2.07. The Hall–Kier alpha value is -1.00. The maximum atomic E-state index is 8.94. The Morgan fingerprint density at radius 1 is 1.46 bits per heavy atom. The van der Waals surface area contributed by atoms with E-state index in [0.717, 1.165) is 29.8 Å². The molecule has 0 fully saturated rings. The monoisotopic (exact) mass is 191 g/mol. The second-order valence-corrected chi connectivity index (χ2v) is 3.85. The third kappa shape index (κ3) is 1.55. The Balaban J connectivity index is 2.49. The molecule has 0 bridgehead atoms. The summed E-state index contributed by atoms with van der Waals surface area (Å²) in [5.41, 5.74) is 2.43. The molecule has 0 saturated heterocycles. The Kier molecular flexibility index (Phi) is 2.24. The minimum Gasteiger partial charge on any atom is -0.198 e. The Morgan fingerprint density at radius 2 is 2.31 bits per heavy atom. The molecule has 66 valence electrons. The van der Waals surface area contributed by atoms with Gasteiger partial charge in [-0.25, -0.2) is 0 Å². The van der Waals surface area contributed by atoms with Crippen molar-refractivity contribution in [3.05, 3.63) is 34.3 Å². The van der Waals surface area contributed by atoms with Gasteiger partial charge in [0.1, 0.15) is 0 Å². The van der Waals surface area contributed by atoms with E-state index in [1.165, 1.54) is 5.56 Å². The van der Waals surface area contributed by atoms with Crippen LogP contribution in [0.15, 0.2) is 18.2 Å². The summed E-state index contributed by atoms with van der Waals surface area (Å²) in [5.74, 6) is 0.0578. The van der Waals surface area contributed by atoms with E-state index in [0.29, 0.717) is 0 Å². The molecule has 1 aromatic carbocycles. The molecule has 0 unspecified atom stereocenters. The van der Waals surface area contributed by atoms with Crippen molar-refractivity contribution >= 4 is 11.6 Å². The van der Waals surface area contributed by atoms with Crippen molar-refractivity contribution in [1.29, 1.82) is 5.26 Å². The average Bonchev–Trinajstić information content (AvgIpc) is 2.17. The molecular formula is C11H10ClN. The number of halogens is 1. The highest BCUT2D eigenvalue weighted by molar-refractivity contribution is 6.30. The van der Waals surface area contributed by atoms with Crippen molar-refractivity contribution in [2.45, 2.75) is 25.2 Å². The SMILES string of the molecule is N#C[C@H]1CCCc2ccc(Cl)cc21. The highest BCUT2D eigenvalue weighted by atomic mass is 35.5. The van der Waals surface area contributed by atoms with E-state index in [-0.39, 0.29) is 5.92 Å². The first-order chi connectivity index (χ1) is 6.31. The van der Waals surface area contributed by atoms with E-state index in [1.54, 1.807) is 0 Å². The number of hydrogen-bond donors (Lipinski definition) is 0. The fraction of sp³-hybridized carbons (Fsp3) is 0.364. The van der Waals surface area contributed by atoms with Gasteiger partial charge in [0.25, 0.3) is 0 Å². The molecule has 1 nitrogen and oxygen atoms in total. The van der Waals surface area contributed by atoms with Crippen LogP contribution in [0.25, 0.3) is 0 Å². The summed E-state index contributed by atoms with van der Waals surface area (Å²) in [6, 6.07) is 8.21. The van der Waals surface area contributed by atoms with Crippen LogP contribution in [0.2, 0.25) is 5.02 Å². The largest absolute Gasteiger partial charge is 0.198 e. The molecule has 0 spiro atoms. The number of aryl methyl sites for hydroxylation is 1. The van der Waals surface area contributed by atoms with Gasteiger partial charge in [0, 0.05) is 5.02 Å². The van der Waals surface area contributed by atoms with Crippen molar-refractivity contribution in [2.24, 2.45) is 0 Å². The van der Waals surface area contributed by atoms with Gasteiger partial charge in [0.15, 0.2) is 0 Å². The van der Waals surface area contributed by atoms with E-state index >= 15 is 0 Å². The molecule has 1 atom stereocenters. The molecule has 2 heteroatoms. The first kappa shape index (κ1) is 8.59. The van der Waals surface area contributed by atoms with Crippen LogP contribution in [0.4, 0.5) is 0 Å². The number of benzene rings is 1. The van der Waals surface area contributed by atoms with Gasteiger partial charge in [-0.3, -0.25) is 0 Å². The summed E-state index contributed by atoms with van der Waals surface area (Å²) < 4.78 is 0. The fourth-order valence-electron chi connectivity index (χ4n) is 1.90. The van der Waals surface area contributed by atoms with E-state index in [2.05, 4.69) is 6.07 Å². The molecule has 2 rings (SSSR count). The number of hydrogen-bond acceptors (Lipinski definition) is 1. The van der Waals surface area contributed by atoms with Gasteiger partial charge in [-0.05, 0) is 42.5 Å². The Morgan fingerprint density at radius 3 is 3.08 bits per heavy atom. The first-order valence-corrected chi connectivity index (χ1v) is 4.87. The topological polar surface area (TPSA) is 23.8 Å². The van der Waals surface area contributed by atoms with E-state index in [9.17, 15) is 0 Å². The van der Waals surface area contributed by atoms with Gasteiger partial charge in [0.05, 0.1) is 12.0 Å². The molecule has 1 aliphatic rings. The van der Waals surface area contributed by atoms with Gasteiger partial charge in [-0.2, -0.15) is 5.26 Å². The molecule has 0 N–H and O–H groups in total. The van der Waals surface area contributed by atoms with Crippen LogP contribution < -0.4 is 0 Å². The lowest BCUT2D eigenvalue weighted by Gasteiger charge is -2.20. The first-order valence-electron chi connectivity index (χ1n) is 4.49. The minimum absolute atomic E-state index is 0.0578. The average molecular weight is 192 g/mol. The number of nitriles is 1. The highest BCUT2D eigenvalue weighted by Gasteiger charge is 2.19. The minimum atomic E-state index is 0.0578.